The molecule has 0 saturated carbocycles. The molecule has 1 aliphatic carbocycles. The molecule has 3 N–H and O–H groups in total. The Bertz CT molecular complexity index is 911. The van der Waals surface area contributed by atoms with Gasteiger partial charge in [-0.2, -0.15) is 0 Å². The lowest BCUT2D eigenvalue weighted by Crippen LogP contribution is -2.27. The minimum Gasteiger partial charge on any atom is -0.484 e. The van der Waals surface area contributed by atoms with Gasteiger partial charge in [0.15, 0.2) is 6.61 Å². The lowest BCUT2D eigenvalue weighted by Gasteiger charge is -2.33. The summed E-state index contributed by atoms with van der Waals surface area (Å²) >= 11 is 1.48. The Morgan fingerprint density at radius 2 is 2.07 bits per heavy atom. The molecule has 1 heterocycles. The molecule has 0 spiro atoms. The zero-order valence-corrected chi connectivity index (χ0v) is 18.4. The molecule has 1 unspecified atom stereocenters. The zero-order valence-electron chi connectivity index (χ0n) is 17.6. The minimum absolute atomic E-state index is 0.113. The maximum atomic E-state index is 12.5. The van der Waals surface area contributed by atoms with Crippen molar-refractivity contribution in [2.24, 2.45) is 17.1 Å². The molecular formula is C23H30N2O3S. The predicted octanol–water partition coefficient (Wildman–Crippen LogP) is 4.58. The maximum absolute atomic E-state index is 12.5. The monoisotopic (exact) mass is 414 g/mol. The molecular weight excluding hydrogens is 384 g/mol. The summed E-state index contributed by atoms with van der Waals surface area (Å²) in [6.07, 6.45) is 3.67. The van der Waals surface area contributed by atoms with E-state index in [4.69, 9.17) is 10.5 Å². The van der Waals surface area contributed by atoms with E-state index in [1.165, 1.54) is 11.3 Å². The van der Waals surface area contributed by atoms with E-state index in [1.807, 2.05) is 24.3 Å². The molecule has 1 aromatic carbocycles. The summed E-state index contributed by atoms with van der Waals surface area (Å²) in [5.74, 6) is 0.434. The summed E-state index contributed by atoms with van der Waals surface area (Å²) in [6.45, 7) is 8.70. The number of carbonyl (C=O) groups is 2. The number of nitrogens with one attached hydrogen (secondary N) is 1. The SMILES string of the molecule is CCc1cccc(OCC(=O)Nc2sc3c(c2C(N)=O)CCC(C(C)(C)C)C3)c1. The Kier molecular flexibility index (Phi) is 6.32. The quantitative estimate of drug-likeness (QED) is 0.726. The average Bonchev–Trinajstić information content (AvgIpc) is 3.03. The maximum Gasteiger partial charge on any atom is 0.262 e. The van der Waals surface area contributed by atoms with Crippen LogP contribution in [0.25, 0.3) is 0 Å². The summed E-state index contributed by atoms with van der Waals surface area (Å²) in [4.78, 5) is 25.7. The lowest BCUT2D eigenvalue weighted by atomic mass is 9.72. The van der Waals surface area contributed by atoms with Gasteiger partial charge in [0.05, 0.1) is 5.56 Å². The van der Waals surface area contributed by atoms with E-state index in [2.05, 4.69) is 33.0 Å². The molecule has 1 atom stereocenters. The Balaban J connectivity index is 1.72. The van der Waals surface area contributed by atoms with Gasteiger partial charge in [0.1, 0.15) is 10.8 Å². The van der Waals surface area contributed by atoms with Crippen LogP contribution >= 0.6 is 11.3 Å². The van der Waals surface area contributed by atoms with Gasteiger partial charge in [-0.25, -0.2) is 0 Å². The smallest absolute Gasteiger partial charge is 0.262 e. The molecule has 0 fully saturated rings. The van der Waals surface area contributed by atoms with Gasteiger partial charge >= 0.3 is 0 Å². The van der Waals surface area contributed by atoms with Crippen molar-refractivity contribution >= 4 is 28.2 Å². The summed E-state index contributed by atoms with van der Waals surface area (Å²) < 4.78 is 5.62. The van der Waals surface area contributed by atoms with Crippen LogP contribution in [0.4, 0.5) is 5.00 Å². The number of aryl methyl sites for hydroxylation is 1. The number of thiophene rings is 1. The Morgan fingerprint density at radius 3 is 2.72 bits per heavy atom. The molecule has 2 amide bonds. The number of benzene rings is 1. The van der Waals surface area contributed by atoms with Crippen LogP contribution in [0.2, 0.25) is 0 Å². The fourth-order valence-electron chi connectivity index (χ4n) is 3.84. The molecule has 0 radical (unpaired) electrons. The fraction of sp³-hybridized carbons (Fsp3) is 0.478. The first-order valence-electron chi connectivity index (χ1n) is 10.1. The molecule has 5 nitrogen and oxygen atoms in total. The van der Waals surface area contributed by atoms with Crippen LogP contribution in [0.15, 0.2) is 24.3 Å². The van der Waals surface area contributed by atoms with Crippen molar-refractivity contribution in [3.63, 3.8) is 0 Å². The number of anilines is 1. The first-order valence-corrected chi connectivity index (χ1v) is 11.0. The number of fused-ring (bicyclic) bond motifs is 1. The molecule has 0 saturated heterocycles. The van der Waals surface area contributed by atoms with Gasteiger partial charge in [-0.05, 0) is 60.3 Å². The number of rotatable bonds is 6. The van der Waals surface area contributed by atoms with E-state index in [1.54, 1.807) is 0 Å². The molecule has 6 heteroatoms. The number of ether oxygens (including phenoxy) is 1. The number of amides is 2. The third-order valence-corrected chi connectivity index (χ3v) is 6.84. The second-order valence-electron chi connectivity index (χ2n) is 8.72. The highest BCUT2D eigenvalue weighted by atomic mass is 32.1. The molecule has 1 aromatic heterocycles. The van der Waals surface area contributed by atoms with Gasteiger partial charge in [0, 0.05) is 4.88 Å². The van der Waals surface area contributed by atoms with E-state index in [0.29, 0.717) is 22.2 Å². The number of nitrogens with two attached hydrogens (primary N) is 1. The third-order valence-electron chi connectivity index (χ3n) is 5.67. The van der Waals surface area contributed by atoms with Crippen LogP contribution in [-0.2, 0) is 24.1 Å². The Hall–Kier alpha value is -2.34. The second kappa shape index (κ2) is 8.57. The van der Waals surface area contributed by atoms with Gasteiger partial charge in [-0.1, -0.05) is 39.8 Å². The van der Waals surface area contributed by atoms with Crippen LogP contribution in [-0.4, -0.2) is 18.4 Å². The fourth-order valence-corrected chi connectivity index (χ4v) is 5.19. The van der Waals surface area contributed by atoms with Crippen molar-refractivity contribution in [1.29, 1.82) is 0 Å². The second-order valence-corrected chi connectivity index (χ2v) is 9.82. The number of hydrogen-bond donors (Lipinski definition) is 2. The standard InChI is InChI=1S/C23H30N2O3S/c1-5-14-7-6-8-16(11-14)28-13-19(26)25-22-20(21(24)27)17-10-9-15(23(2,3)4)12-18(17)29-22/h6-8,11,15H,5,9-10,12-13H2,1-4H3,(H2,24,27)(H,25,26). The number of carbonyl (C=O) groups excluding carboxylic acids is 2. The highest BCUT2D eigenvalue weighted by Gasteiger charge is 2.33. The summed E-state index contributed by atoms with van der Waals surface area (Å²) in [5, 5.41) is 3.40. The van der Waals surface area contributed by atoms with E-state index >= 15 is 0 Å². The van der Waals surface area contributed by atoms with Gasteiger partial charge in [-0.3, -0.25) is 9.59 Å². The van der Waals surface area contributed by atoms with Crippen molar-refractivity contribution in [3.05, 3.63) is 45.8 Å². The summed E-state index contributed by atoms with van der Waals surface area (Å²) in [5.41, 5.74) is 8.50. The van der Waals surface area contributed by atoms with Crippen LogP contribution in [0, 0.1) is 11.3 Å². The Morgan fingerprint density at radius 1 is 1.31 bits per heavy atom. The van der Waals surface area contributed by atoms with Crippen LogP contribution in [0.5, 0.6) is 5.75 Å². The molecule has 3 rings (SSSR count). The van der Waals surface area contributed by atoms with Crippen LogP contribution < -0.4 is 15.8 Å². The molecule has 2 aromatic rings. The van der Waals surface area contributed by atoms with E-state index in [0.717, 1.165) is 41.7 Å². The topological polar surface area (TPSA) is 81.4 Å². The van der Waals surface area contributed by atoms with Crippen molar-refractivity contribution < 1.29 is 14.3 Å². The Labute approximate surface area is 176 Å². The van der Waals surface area contributed by atoms with Gasteiger partial charge in [0.25, 0.3) is 11.8 Å². The largest absolute Gasteiger partial charge is 0.484 e. The zero-order chi connectivity index (χ0) is 21.2. The highest BCUT2D eigenvalue weighted by molar-refractivity contribution is 7.17. The molecule has 0 bridgehead atoms. The molecule has 156 valence electrons. The normalized spacial score (nSPS) is 16.2. The molecule has 1 aliphatic rings. The first-order chi connectivity index (χ1) is 13.7. The average molecular weight is 415 g/mol. The first kappa shape index (κ1) is 21.4. The molecule has 29 heavy (non-hydrogen) atoms. The van der Waals surface area contributed by atoms with E-state index in [-0.39, 0.29) is 17.9 Å². The van der Waals surface area contributed by atoms with Crippen LogP contribution in [0.3, 0.4) is 0 Å². The van der Waals surface area contributed by atoms with Gasteiger partial charge < -0.3 is 15.8 Å². The van der Waals surface area contributed by atoms with Crippen molar-refractivity contribution in [1.82, 2.24) is 0 Å². The van der Waals surface area contributed by atoms with Crippen molar-refractivity contribution in [2.45, 2.75) is 53.4 Å². The number of primary amides is 1. The highest BCUT2D eigenvalue weighted by Crippen LogP contribution is 2.44. The van der Waals surface area contributed by atoms with E-state index < -0.39 is 5.91 Å². The number of hydrogen-bond acceptors (Lipinski definition) is 4. The molecule has 0 aliphatic heterocycles. The van der Waals surface area contributed by atoms with Crippen molar-refractivity contribution in [3.8, 4) is 5.75 Å². The minimum atomic E-state index is -0.483. The summed E-state index contributed by atoms with van der Waals surface area (Å²) in [6, 6.07) is 7.69. The van der Waals surface area contributed by atoms with E-state index in [9.17, 15) is 9.59 Å². The lowest BCUT2D eigenvalue weighted by molar-refractivity contribution is -0.118. The van der Waals surface area contributed by atoms with Crippen LogP contribution in [0.1, 0.15) is 60.5 Å². The van der Waals surface area contributed by atoms with Gasteiger partial charge in [-0.15, -0.1) is 11.3 Å². The third kappa shape index (κ3) is 4.99. The van der Waals surface area contributed by atoms with Crippen molar-refractivity contribution in [2.75, 3.05) is 11.9 Å². The predicted molar refractivity (Wildman–Crippen MR) is 118 cm³/mol. The summed E-state index contributed by atoms with van der Waals surface area (Å²) in [7, 11) is 0. The van der Waals surface area contributed by atoms with Gasteiger partial charge in [0.2, 0.25) is 0 Å².